The summed E-state index contributed by atoms with van der Waals surface area (Å²) in [4.78, 5) is 15.7. The molecule has 2 aromatic rings. The van der Waals surface area contributed by atoms with E-state index >= 15 is 0 Å². The van der Waals surface area contributed by atoms with Gasteiger partial charge in [0.05, 0.1) is 11.4 Å². The van der Waals surface area contributed by atoms with E-state index in [1.165, 1.54) is 0 Å². The number of hydrogen-bond acceptors (Lipinski definition) is 3. The maximum Gasteiger partial charge on any atom is 0.251 e. The van der Waals surface area contributed by atoms with Crippen molar-refractivity contribution < 1.29 is 4.79 Å². The number of anilines is 1. The van der Waals surface area contributed by atoms with Gasteiger partial charge in [0.15, 0.2) is 0 Å². The molecule has 120 valence electrons. The van der Waals surface area contributed by atoms with Crippen molar-refractivity contribution in [3.05, 3.63) is 46.8 Å². The summed E-state index contributed by atoms with van der Waals surface area (Å²) in [6.07, 6.45) is 4.32. The van der Waals surface area contributed by atoms with Gasteiger partial charge in [-0.15, -0.1) is 11.8 Å². The van der Waals surface area contributed by atoms with Crippen LogP contribution in [0.4, 0.5) is 5.69 Å². The van der Waals surface area contributed by atoms with Crippen molar-refractivity contribution in [3.8, 4) is 0 Å². The number of fused-ring (bicyclic) bond motifs is 1. The zero-order valence-electron chi connectivity index (χ0n) is 13.1. The van der Waals surface area contributed by atoms with Crippen LogP contribution in [0.25, 0.3) is 6.08 Å². The summed E-state index contributed by atoms with van der Waals surface area (Å²) in [6, 6.07) is 8.05. The molecule has 6 heteroatoms. The summed E-state index contributed by atoms with van der Waals surface area (Å²) < 4.78 is 1.61. The van der Waals surface area contributed by atoms with E-state index in [0.29, 0.717) is 5.15 Å². The number of rotatable bonds is 2. The van der Waals surface area contributed by atoms with Crippen molar-refractivity contribution in [1.82, 2.24) is 9.78 Å². The van der Waals surface area contributed by atoms with Gasteiger partial charge in [0.25, 0.3) is 5.91 Å². The lowest BCUT2D eigenvalue weighted by atomic mass is 10.2. The van der Waals surface area contributed by atoms with Gasteiger partial charge in [0, 0.05) is 30.1 Å². The summed E-state index contributed by atoms with van der Waals surface area (Å²) in [6.45, 7) is 2.61. The molecule has 0 saturated carbocycles. The normalized spacial score (nSPS) is 14.8. The molecule has 1 aromatic carbocycles. The van der Waals surface area contributed by atoms with E-state index in [2.05, 4.69) is 11.2 Å². The molecule has 23 heavy (non-hydrogen) atoms. The summed E-state index contributed by atoms with van der Waals surface area (Å²) in [7, 11) is 1.79. The molecule has 0 radical (unpaired) electrons. The second kappa shape index (κ2) is 6.81. The second-order valence-electron chi connectivity index (χ2n) is 5.41. The first-order valence-corrected chi connectivity index (χ1v) is 8.85. The van der Waals surface area contributed by atoms with Crippen LogP contribution in [0, 0.1) is 6.92 Å². The predicted octanol–water partition coefficient (Wildman–Crippen LogP) is 3.92. The average Bonchev–Trinajstić information content (AvgIpc) is 2.71. The highest BCUT2D eigenvalue weighted by molar-refractivity contribution is 7.99. The number of aryl methyl sites for hydroxylation is 2. The number of benzene rings is 1. The van der Waals surface area contributed by atoms with Crippen molar-refractivity contribution >= 4 is 41.0 Å². The SMILES string of the molecule is Cc1nn(C)c(Cl)c1/C=C/C(=O)N1CCCSc2ccccc21. The van der Waals surface area contributed by atoms with Crippen LogP contribution in [-0.2, 0) is 11.8 Å². The van der Waals surface area contributed by atoms with Gasteiger partial charge in [-0.3, -0.25) is 9.48 Å². The zero-order valence-corrected chi connectivity index (χ0v) is 14.7. The highest BCUT2D eigenvalue weighted by atomic mass is 35.5. The highest BCUT2D eigenvalue weighted by Crippen LogP contribution is 2.33. The molecular weight excluding hydrogens is 330 g/mol. The number of hydrogen-bond donors (Lipinski definition) is 0. The zero-order chi connectivity index (χ0) is 16.4. The lowest BCUT2D eigenvalue weighted by Gasteiger charge is -2.20. The molecule has 0 unspecified atom stereocenters. The van der Waals surface area contributed by atoms with Crippen LogP contribution in [0.15, 0.2) is 35.2 Å². The van der Waals surface area contributed by atoms with E-state index in [4.69, 9.17) is 11.6 Å². The molecule has 0 bridgehead atoms. The Balaban J connectivity index is 1.87. The molecular formula is C17H18ClN3OS. The Kier molecular flexibility index (Phi) is 4.78. The molecule has 1 aromatic heterocycles. The Morgan fingerprint density at radius 1 is 1.39 bits per heavy atom. The van der Waals surface area contributed by atoms with Crippen molar-refractivity contribution in [2.24, 2.45) is 7.05 Å². The smallest absolute Gasteiger partial charge is 0.251 e. The lowest BCUT2D eigenvalue weighted by Crippen LogP contribution is -2.30. The van der Waals surface area contributed by atoms with Crippen LogP contribution in [-0.4, -0.2) is 28.0 Å². The van der Waals surface area contributed by atoms with Gasteiger partial charge in [0.2, 0.25) is 0 Å². The minimum Gasteiger partial charge on any atom is -0.308 e. The average molecular weight is 348 g/mol. The topological polar surface area (TPSA) is 38.1 Å². The van der Waals surface area contributed by atoms with Crippen molar-refractivity contribution in [3.63, 3.8) is 0 Å². The van der Waals surface area contributed by atoms with Gasteiger partial charge in [-0.25, -0.2) is 0 Å². The molecule has 4 nitrogen and oxygen atoms in total. The molecule has 1 aliphatic rings. The fourth-order valence-electron chi connectivity index (χ4n) is 2.64. The number of nitrogens with zero attached hydrogens (tertiary/aromatic N) is 3. The van der Waals surface area contributed by atoms with Gasteiger partial charge in [-0.1, -0.05) is 23.7 Å². The van der Waals surface area contributed by atoms with Gasteiger partial charge in [-0.2, -0.15) is 5.10 Å². The lowest BCUT2D eigenvalue weighted by molar-refractivity contribution is -0.114. The van der Waals surface area contributed by atoms with Crippen molar-refractivity contribution in [1.29, 1.82) is 0 Å². The maximum absolute atomic E-state index is 12.7. The number of aromatic nitrogens is 2. The van der Waals surface area contributed by atoms with Gasteiger partial charge < -0.3 is 4.90 Å². The number of thioether (sulfide) groups is 1. The second-order valence-corrected chi connectivity index (χ2v) is 6.90. The van der Waals surface area contributed by atoms with E-state index in [9.17, 15) is 4.79 Å². The van der Waals surface area contributed by atoms with Crippen LogP contribution in [0.5, 0.6) is 0 Å². The maximum atomic E-state index is 12.7. The molecule has 1 aliphatic heterocycles. The van der Waals surface area contributed by atoms with Gasteiger partial charge >= 0.3 is 0 Å². The van der Waals surface area contributed by atoms with Crippen LogP contribution < -0.4 is 4.90 Å². The first-order valence-electron chi connectivity index (χ1n) is 7.48. The third-order valence-corrected chi connectivity index (χ3v) is 5.39. The predicted molar refractivity (Wildman–Crippen MR) is 96.1 cm³/mol. The van der Waals surface area contributed by atoms with E-state index in [1.807, 2.05) is 30.0 Å². The van der Waals surface area contributed by atoms with Crippen LogP contribution in [0.1, 0.15) is 17.7 Å². The minimum absolute atomic E-state index is 0.0285. The Bertz CT molecular complexity index is 769. The van der Waals surface area contributed by atoms with Crippen molar-refractivity contribution in [2.75, 3.05) is 17.2 Å². The van der Waals surface area contributed by atoms with E-state index < -0.39 is 0 Å². The van der Waals surface area contributed by atoms with E-state index in [-0.39, 0.29) is 5.91 Å². The molecule has 0 fully saturated rings. The molecule has 2 heterocycles. The Morgan fingerprint density at radius 3 is 2.91 bits per heavy atom. The number of amides is 1. The highest BCUT2D eigenvalue weighted by Gasteiger charge is 2.19. The molecule has 1 amide bonds. The number of carbonyl (C=O) groups excluding carboxylic acids is 1. The Hall–Kier alpha value is -1.72. The summed E-state index contributed by atoms with van der Waals surface area (Å²) in [5, 5.41) is 4.80. The largest absolute Gasteiger partial charge is 0.308 e. The Labute approximate surface area is 145 Å². The third kappa shape index (κ3) is 3.31. The van der Waals surface area contributed by atoms with Crippen LogP contribution >= 0.6 is 23.4 Å². The first-order chi connectivity index (χ1) is 11.1. The standard InChI is InChI=1S/C17H18ClN3OS/c1-12-13(17(18)20(2)19-12)8-9-16(22)21-10-5-11-23-15-7-4-3-6-14(15)21/h3-4,6-9H,5,10-11H2,1-2H3/b9-8+. The van der Waals surface area contributed by atoms with Gasteiger partial charge in [0.1, 0.15) is 5.15 Å². The van der Waals surface area contributed by atoms with E-state index in [1.54, 1.807) is 35.6 Å². The fourth-order valence-corrected chi connectivity index (χ4v) is 3.87. The third-order valence-electron chi connectivity index (χ3n) is 3.79. The monoisotopic (exact) mass is 347 g/mol. The number of carbonyl (C=O) groups is 1. The quantitative estimate of drug-likeness (QED) is 0.773. The van der Waals surface area contributed by atoms with Gasteiger partial charge in [-0.05, 0) is 37.3 Å². The fraction of sp³-hybridized carbons (Fsp3) is 0.294. The van der Waals surface area contributed by atoms with Crippen LogP contribution in [0.2, 0.25) is 5.15 Å². The van der Waals surface area contributed by atoms with E-state index in [0.717, 1.165) is 40.6 Å². The molecule has 0 N–H and O–H groups in total. The summed E-state index contributed by atoms with van der Waals surface area (Å²) in [5.41, 5.74) is 2.59. The van der Waals surface area contributed by atoms with Crippen molar-refractivity contribution in [2.45, 2.75) is 18.2 Å². The molecule has 3 rings (SSSR count). The van der Waals surface area contributed by atoms with Crippen LogP contribution in [0.3, 0.4) is 0 Å². The Morgan fingerprint density at radius 2 is 2.17 bits per heavy atom. The molecule has 0 saturated heterocycles. The minimum atomic E-state index is -0.0285. The molecule has 0 atom stereocenters. The number of halogens is 1. The summed E-state index contributed by atoms with van der Waals surface area (Å²) >= 11 is 8.01. The number of para-hydroxylation sites is 1. The first kappa shape index (κ1) is 16.1. The molecule has 0 aliphatic carbocycles. The summed E-state index contributed by atoms with van der Waals surface area (Å²) in [5.74, 6) is 0.997. The molecule has 0 spiro atoms.